The van der Waals surface area contributed by atoms with Crippen molar-refractivity contribution in [3.8, 4) is 0 Å². The largest absolute Gasteiger partial charge is 0.344 e. The number of rotatable bonds is 3. The number of anilines is 1. The SMILES string of the molecule is CCc1cccc(N2CCC(=O)NC(C(C)C)C2=O)c1. The zero-order chi connectivity index (χ0) is 14.7. The van der Waals surface area contributed by atoms with E-state index in [0.29, 0.717) is 13.0 Å². The first-order valence-electron chi connectivity index (χ1n) is 7.22. The van der Waals surface area contributed by atoms with E-state index in [1.807, 2.05) is 32.0 Å². The molecule has 0 radical (unpaired) electrons. The van der Waals surface area contributed by atoms with Crippen LogP contribution < -0.4 is 10.2 Å². The van der Waals surface area contributed by atoms with Crippen molar-refractivity contribution < 1.29 is 9.59 Å². The highest BCUT2D eigenvalue weighted by molar-refractivity contribution is 6.01. The van der Waals surface area contributed by atoms with Gasteiger partial charge in [-0.15, -0.1) is 0 Å². The Balaban J connectivity index is 2.33. The molecular weight excluding hydrogens is 252 g/mol. The molecule has 1 heterocycles. The summed E-state index contributed by atoms with van der Waals surface area (Å²) < 4.78 is 0. The van der Waals surface area contributed by atoms with Crippen LogP contribution in [0.25, 0.3) is 0 Å². The van der Waals surface area contributed by atoms with Gasteiger partial charge in [0.05, 0.1) is 0 Å². The molecular formula is C16H22N2O2. The van der Waals surface area contributed by atoms with Crippen LogP contribution in [0.4, 0.5) is 5.69 Å². The van der Waals surface area contributed by atoms with E-state index in [0.717, 1.165) is 12.1 Å². The summed E-state index contributed by atoms with van der Waals surface area (Å²) in [4.78, 5) is 26.1. The second-order valence-corrected chi connectivity index (χ2v) is 5.55. The Hall–Kier alpha value is -1.84. The van der Waals surface area contributed by atoms with Crippen LogP contribution in [-0.2, 0) is 16.0 Å². The summed E-state index contributed by atoms with van der Waals surface area (Å²) >= 11 is 0. The molecule has 1 aliphatic heterocycles. The lowest BCUT2D eigenvalue weighted by Gasteiger charge is -2.26. The normalized spacial score (nSPS) is 20.0. The van der Waals surface area contributed by atoms with Crippen LogP contribution in [0, 0.1) is 5.92 Å². The van der Waals surface area contributed by atoms with Crippen LogP contribution in [-0.4, -0.2) is 24.4 Å². The third kappa shape index (κ3) is 3.00. The number of nitrogens with one attached hydrogen (secondary N) is 1. The topological polar surface area (TPSA) is 49.4 Å². The first-order chi connectivity index (χ1) is 9.52. The predicted octanol–water partition coefficient (Wildman–Crippen LogP) is 2.13. The van der Waals surface area contributed by atoms with Gasteiger partial charge in [0.25, 0.3) is 0 Å². The van der Waals surface area contributed by atoms with Crippen molar-refractivity contribution in [1.82, 2.24) is 5.32 Å². The Labute approximate surface area is 120 Å². The van der Waals surface area contributed by atoms with E-state index in [-0.39, 0.29) is 17.7 Å². The third-order valence-electron chi connectivity index (χ3n) is 3.71. The predicted molar refractivity (Wildman–Crippen MR) is 79.6 cm³/mol. The average molecular weight is 274 g/mol. The van der Waals surface area contributed by atoms with Crippen LogP contribution in [0.1, 0.15) is 32.8 Å². The molecule has 1 aliphatic rings. The van der Waals surface area contributed by atoms with Gasteiger partial charge < -0.3 is 10.2 Å². The molecule has 1 aromatic carbocycles. The zero-order valence-corrected chi connectivity index (χ0v) is 12.3. The molecule has 2 amide bonds. The highest BCUT2D eigenvalue weighted by atomic mass is 16.2. The summed E-state index contributed by atoms with van der Waals surface area (Å²) in [6.45, 7) is 6.44. The standard InChI is InChI=1S/C16H22N2O2/c1-4-12-6-5-7-13(10-12)18-9-8-14(19)17-15(11(2)3)16(18)20/h5-7,10-11,15H,4,8-9H2,1-3H3,(H,17,19). The van der Waals surface area contributed by atoms with E-state index in [2.05, 4.69) is 18.3 Å². The fourth-order valence-corrected chi connectivity index (χ4v) is 2.45. The first-order valence-corrected chi connectivity index (χ1v) is 7.22. The Morgan fingerprint density at radius 2 is 2.10 bits per heavy atom. The maximum Gasteiger partial charge on any atom is 0.249 e. The van der Waals surface area contributed by atoms with Gasteiger partial charge in [0.1, 0.15) is 6.04 Å². The van der Waals surface area contributed by atoms with Crippen LogP contribution in [0.2, 0.25) is 0 Å². The first kappa shape index (κ1) is 14.6. The second kappa shape index (κ2) is 6.07. The van der Waals surface area contributed by atoms with Gasteiger partial charge in [-0.1, -0.05) is 32.9 Å². The molecule has 1 saturated heterocycles. The van der Waals surface area contributed by atoms with E-state index in [1.54, 1.807) is 4.90 Å². The lowest BCUT2D eigenvalue weighted by molar-refractivity contribution is -0.126. The summed E-state index contributed by atoms with van der Waals surface area (Å²) in [6, 6.07) is 7.55. The molecule has 4 heteroatoms. The smallest absolute Gasteiger partial charge is 0.249 e. The van der Waals surface area contributed by atoms with E-state index < -0.39 is 6.04 Å². The van der Waals surface area contributed by atoms with E-state index in [4.69, 9.17) is 0 Å². The molecule has 0 saturated carbocycles. The average Bonchev–Trinajstić information content (AvgIpc) is 2.58. The van der Waals surface area contributed by atoms with Crippen LogP contribution in [0.15, 0.2) is 24.3 Å². The van der Waals surface area contributed by atoms with Gasteiger partial charge in [-0.25, -0.2) is 0 Å². The van der Waals surface area contributed by atoms with Crippen LogP contribution in [0.3, 0.4) is 0 Å². The number of carbonyl (C=O) groups is 2. The van der Waals surface area contributed by atoms with Gasteiger partial charge in [0.2, 0.25) is 11.8 Å². The quantitative estimate of drug-likeness (QED) is 0.918. The maximum atomic E-state index is 12.6. The van der Waals surface area contributed by atoms with E-state index >= 15 is 0 Å². The molecule has 4 nitrogen and oxygen atoms in total. The van der Waals surface area contributed by atoms with Crippen molar-refractivity contribution in [3.63, 3.8) is 0 Å². The highest BCUT2D eigenvalue weighted by Gasteiger charge is 2.32. The number of nitrogens with zero attached hydrogens (tertiary/aromatic N) is 1. The van der Waals surface area contributed by atoms with Gasteiger partial charge in [-0.3, -0.25) is 9.59 Å². The minimum absolute atomic E-state index is 0.0147. The number of carbonyl (C=O) groups excluding carboxylic acids is 2. The summed E-state index contributed by atoms with van der Waals surface area (Å²) in [7, 11) is 0. The molecule has 1 fully saturated rings. The number of amides is 2. The number of aryl methyl sites for hydroxylation is 1. The van der Waals surface area contributed by atoms with Crippen molar-refractivity contribution in [2.75, 3.05) is 11.4 Å². The third-order valence-corrected chi connectivity index (χ3v) is 3.71. The van der Waals surface area contributed by atoms with Gasteiger partial charge >= 0.3 is 0 Å². The van der Waals surface area contributed by atoms with Crippen molar-refractivity contribution in [1.29, 1.82) is 0 Å². The van der Waals surface area contributed by atoms with Gasteiger partial charge in [-0.05, 0) is 30.0 Å². The monoisotopic (exact) mass is 274 g/mol. The summed E-state index contributed by atoms with van der Waals surface area (Å²) in [5.74, 6) is 0.0201. The van der Waals surface area contributed by atoms with Crippen molar-refractivity contribution in [2.24, 2.45) is 5.92 Å². The van der Waals surface area contributed by atoms with Gasteiger partial charge in [0, 0.05) is 18.7 Å². The molecule has 1 unspecified atom stereocenters. The second-order valence-electron chi connectivity index (χ2n) is 5.55. The molecule has 1 N–H and O–H groups in total. The van der Waals surface area contributed by atoms with Gasteiger partial charge in [0.15, 0.2) is 0 Å². The Morgan fingerprint density at radius 3 is 2.75 bits per heavy atom. The highest BCUT2D eigenvalue weighted by Crippen LogP contribution is 2.21. The number of hydrogen-bond acceptors (Lipinski definition) is 2. The minimum atomic E-state index is -0.435. The summed E-state index contributed by atoms with van der Waals surface area (Å²) in [5, 5.41) is 2.83. The van der Waals surface area contributed by atoms with Crippen LogP contribution in [0.5, 0.6) is 0 Å². The molecule has 0 bridgehead atoms. The minimum Gasteiger partial charge on any atom is -0.344 e. The van der Waals surface area contributed by atoms with Gasteiger partial charge in [-0.2, -0.15) is 0 Å². The molecule has 0 spiro atoms. The zero-order valence-electron chi connectivity index (χ0n) is 12.3. The Kier molecular flexibility index (Phi) is 4.42. The maximum absolute atomic E-state index is 12.6. The van der Waals surface area contributed by atoms with Crippen molar-refractivity contribution >= 4 is 17.5 Å². The number of benzene rings is 1. The fourth-order valence-electron chi connectivity index (χ4n) is 2.45. The van der Waals surface area contributed by atoms with Crippen molar-refractivity contribution in [2.45, 2.75) is 39.7 Å². The Bertz CT molecular complexity index is 511. The lowest BCUT2D eigenvalue weighted by Crippen LogP contribution is -2.47. The molecule has 1 atom stereocenters. The van der Waals surface area contributed by atoms with Crippen molar-refractivity contribution in [3.05, 3.63) is 29.8 Å². The summed E-state index contributed by atoms with van der Waals surface area (Å²) in [6.07, 6.45) is 1.28. The fraction of sp³-hybridized carbons (Fsp3) is 0.500. The molecule has 1 aromatic rings. The summed E-state index contributed by atoms with van der Waals surface area (Å²) in [5.41, 5.74) is 2.08. The lowest BCUT2D eigenvalue weighted by atomic mass is 10.0. The van der Waals surface area contributed by atoms with Crippen LogP contribution >= 0.6 is 0 Å². The molecule has 0 aromatic heterocycles. The Morgan fingerprint density at radius 1 is 1.35 bits per heavy atom. The number of hydrogen-bond donors (Lipinski definition) is 1. The van der Waals surface area contributed by atoms with E-state index in [1.165, 1.54) is 5.56 Å². The molecule has 20 heavy (non-hydrogen) atoms. The molecule has 108 valence electrons. The molecule has 0 aliphatic carbocycles. The van der Waals surface area contributed by atoms with E-state index in [9.17, 15) is 9.59 Å². The molecule has 2 rings (SSSR count).